The van der Waals surface area contributed by atoms with E-state index in [1.165, 1.54) is 32.1 Å². The van der Waals surface area contributed by atoms with Crippen molar-refractivity contribution >= 4 is 27.8 Å². The molecular formula is C19H29BrN6O. The van der Waals surface area contributed by atoms with Gasteiger partial charge in [0.25, 0.3) is 0 Å². The molecule has 2 aliphatic carbocycles. The van der Waals surface area contributed by atoms with Crippen LogP contribution in [0.5, 0.6) is 5.88 Å². The number of rotatable bonds is 5. The molecule has 4 rings (SSSR count). The summed E-state index contributed by atoms with van der Waals surface area (Å²) in [5, 5.41) is 3.68. The summed E-state index contributed by atoms with van der Waals surface area (Å²) in [7, 11) is 3.52. The van der Waals surface area contributed by atoms with Crippen molar-refractivity contribution in [2.24, 2.45) is 16.3 Å². The molecular weight excluding hydrogens is 408 g/mol. The number of halogens is 1. The Balaban J connectivity index is 1.32. The van der Waals surface area contributed by atoms with Gasteiger partial charge in [-0.05, 0) is 52.9 Å². The number of nitrogens with zero attached hydrogens (tertiary/aromatic N) is 5. The molecule has 0 unspecified atom stereocenters. The van der Waals surface area contributed by atoms with E-state index in [1.54, 1.807) is 13.3 Å². The van der Waals surface area contributed by atoms with E-state index in [4.69, 9.17) is 4.74 Å². The van der Waals surface area contributed by atoms with Crippen LogP contribution in [0.25, 0.3) is 0 Å². The Morgan fingerprint density at radius 1 is 1.33 bits per heavy atom. The lowest BCUT2D eigenvalue weighted by molar-refractivity contribution is 0.104. The second-order valence-electron chi connectivity index (χ2n) is 7.89. The van der Waals surface area contributed by atoms with E-state index in [0.29, 0.717) is 11.3 Å². The average Bonchev–Trinajstić information content (AvgIpc) is 3.50. The SMILES string of the molecule is CN=C(NCC1(C2CC2)CCC1)N1CCN(c2ncc(Br)c(OC)n2)CC1. The Morgan fingerprint density at radius 3 is 2.63 bits per heavy atom. The highest BCUT2D eigenvalue weighted by atomic mass is 79.9. The smallest absolute Gasteiger partial charge is 0.232 e. The Morgan fingerprint density at radius 2 is 2.07 bits per heavy atom. The lowest BCUT2D eigenvalue weighted by atomic mass is 9.65. The van der Waals surface area contributed by atoms with Gasteiger partial charge in [-0.3, -0.25) is 4.99 Å². The van der Waals surface area contributed by atoms with E-state index in [-0.39, 0.29) is 0 Å². The van der Waals surface area contributed by atoms with E-state index in [0.717, 1.165) is 55.0 Å². The molecule has 1 aromatic rings. The number of hydrogen-bond donors (Lipinski definition) is 1. The second-order valence-corrected chi connectivity index (χ2v) is 8.75. The van der Waals surface area contributed by atoms with Crippen LogP contribution < -0.4 is 15.0 Å². The molecule has 0 aromatic carbocycles. The lowest BCUT2D eigenvalue weighted by Crippen LogP contribution is -2.55. The van der Waals surface area contributed by atoms with Gasteiger partial charge in [0.2, 0.25) is 11.8 Å². The molecule has 27 heavy (non-hydrogen) atoms. The molecule has 1 aromatic heterocycles. The lowest BCUT2D eigenvalue weighted by Gasteiger charge is -2.44. The Bertz CT molecular complexity index is 695. The third-order valence-corrected chi connectivity index (χ3v) is 6.90. The number of piperazine rings is 1. The molecule has 1 N–H and O–H groups in total. The third kappa shape index (κ3) is 3.86. The summed E-state index contributed by atoms with van der Waals surface area (Å²) in [5.41, 5.74) is 0.555. The highest BCUT2D eigenvalue weighted by molar-refractivity contribution is 9.10. The van der Waals surface area contributed by atoms with Crippen LogP contribution in [-0.4, -0.2) is 67.7 Å². The van der Waals surface area contributed by atoms with Gasteiger partial charge >= 0.3 is 0 Å². The minimum Gasteiger partial charge on any atom is -0.480 e. The van der Waals surface area contributed by atoms with E-state index in [1.807, 2.05) is 7.05 Å². The molecule has 0 atom stereocenters. The fourth-order valence-electron chi connectivity index (χ4n) is 4.40. The highest BCUT2D eigenvalue weighted by Crippen LogP contribution is 2.56. The predicted molar refractivity (Wildman–Crippen MR) is 110 cm³/mol. The summed E-state index contributed by atoms with van der Waals surface area (Å²) in [6.45, 7) is 4.66. The molecule has 2 saturated carbocycles. The summed E-state index contributed by atoms with van der Waals surface area (Å²) < 4.78 is 6.07. The van der Waals surface area contributed by atoms with E-state index < -0.39 is 0 Å². The van der Waals surface area contributed by atoms with Crippen molar-refractivity contribution in [1.29, 1.82) is 0 Å². The summed E-state index contributed by atoms with van der Waals surface area (Å²) in [4.78, 5) is 18.0. The first-order valence-corrected chi connectivity index (χ1v) is 10.7. The third-order valence-electron chi connectivity index (χ3n) is 6.36. The first kappa shape index (κ1) is 18.8. The molecule has 0 bridgehead atoms. The van der Waals surface area contributed by atoms with Crippen LogP contribution in [0.1, 0.15) is 32.1 Å². The fraction of sp³-hybridized carbons (Fsp3) is 0.737. The number of guanidine groups is 1. The Kier molecular flexibility index (Phi) is 5.43. The topological polar surface area (TPSA) is 65.9 Å². The molecule has 2 heterocycles. The van der Waals surface area contributed by atoms with Crippen molar-refractivity contribution in [2.75, 3.05) is 51.8 Å². The molecule has 0 radical (unpaired) electrons. The number of anilines is 1. The van der Waals surface area contributed by atoms with E-state index in [2.05, 4.69) is 46.0 Å². The van der Waals surface area contributed by atoms with E-state index >= 15 is 0 Å². The summed E-state index contributed by atoms with van der Waals surface area (Å²) in [5.74, 6) is 3.29. The van der Waals surface area contributed by atoms with Gasteiger partial charge in [0, 0.05) is 39.8 Å². The first-order valence-electron chi connectivity index (χ1n) is 9.92. The number of aromatic nitrogens is 2. The summed E-state index contributed by atoms with van der Waals surface area (Å²) >= 11 is 3.41. The molecule has 3 aliphatic rings. The quantitative estimate of drug-likeness (QED) is 0.564. The first-order chi connectivity index (χ1) is 13.1. The second kappa shape index (κ2) is 7.81. The maximum Gasteiger partial charge on any atom is 0.232 e. The summed E-state index contributed by atoms with van der Waals surface area (Å²) in [6, 6.07) is 0. The largest absolute Gasteiger partial charge is 0.480 e. The highest BCUT2D eigenvalue weighted by Gasteiger charge is 2.48. The zero-order chi connectivity index (χ0) is 18.9. The zero-order valence-electron chi connectivity index (χ0n) is 16.2. The van der Waals surface area contributed by atoms with Crippen LogP contribution in [0.4, 0.5) is 5.95 Å². The number of ether oxygens (including phenoxy) is 1. The maximum absolute atomic E-state index is 5.29. The van der Waals surface area contributed by atoms with Gasteiger partial charge in [-0.15, -0.1) is 0 Å². The van der Waals surface area contributed by atoms with Crippen LogP contribution >= 0.6 is 15.9 Å². The predicted octanol–water partition coefficient (Wildman–Crippen LogP) is 2.53. The molecule has 1 aliphatic heterocycles. The average molecular weight is 437 g/mol. The summed E-state index contributed by atoms with van der Waals surface area (Å²) in [6.07, 6.45) is 8.78. The molecule has 1 saturated heterocycles. The van der Waals surface area contributed by atoms with Crippen LogP contribution in [0.3, 0.4) is 0 Å². The zero-order valence-corrected chi connectivity index (χ0v) is 17.8. The van der Waals surface area contributed by atoms with Crippen molar-refractivity contribution in [3.8, 4) is 5.88 Å². The van der Waals surface area contributed by atoms with Crippen LogP contribution in [0.2, 0.25) is 0 Å². The Hall–Kier alpha value is -1.57. The van der Waals surface area contributed by atoms with E-state index in [9.17, 15) is 0 Å². The number of nitrogens with one attached hydrogen (secondary N) is 1. The normalized spacial score (nSPS) is 22.4. The van der Waals surface area contributed by atoms with Crippen molar-refractivity contribution < 1.29 is 4.74 Å². The maximum atomic E-state index is 5.29. The van der Waals surface area contributed by atoms with Gasteiger partial charge in [0.15, 0.2) is 5.96 Å². The van der Waals surface area contributed by atoms with Crippen molar-refractivity contribution in [3.63, 3.8) is 0 Å². The van der Waals surface area contributed by atoms with Crippen molar-refractivity contribution in [3.05, 3.63) is 10.7 Å². The van der Waals surface area contributed by atoms with Crippen LogP contribution in [0.15, 0.2) is 15.7 Å². The monoisotopic (exact) mass is 436 g/mol. The standard InChI is InChI=1S/C19H29BrN6O/c1-21-17(23-13-19(6-3-7-19)14-4-5-14)25-8-10-26(11-9-25)18-22-12-15(20)16(24-18)27-2/h12,14H,3-11,13H2,1-2H3,(H,21,23). The van der Waals surface area contributed by atoms with Crippen LogP contribution in [0, 0.1) is 11.3 Å². The molecule has 0 spiro atoms. The molecule has 3 fully saturated rings. The Labute approximate surface area is 169 Å². The number of methoxy groups -OCH3 is 1. The van der Waals surface area contributed by atoms with Crippen molar-refractivity contribution in [1.82, 2.24) is 20.2 Å². The van der Waals surface area contributed by atoms with Gasteiger partial charge in [-0.2, -0.15) is 4.98 Å². The van der Waals surface area contributed by atoms with Gasteiger partial charge in [0.05, 0.1) is 17.8 Å². The molecule has 0 amide bonds. The van der Waals surface area contributed by atoms with Crippen molar-refractivity contribution in [2.45, 2.75) is 32.1 Å². The fourth-order valence-corrected chi connectivity index (χ4v) is 4.75. The van der Waals surface area contributed by atoms with Gasteiger partial charge < -0.3 is 19.9 Å². The van der Waals surface area contributed by atoms with Crippen LogP contribution in [-0.2, 0) is 0 Å². The molecule has 7 nitrogen and oxygen atoms in total. The minimum absolute atomic E-state index is 0.555. The number of hydrogen-bond acceptors (Lipinski definition) is 5. The molecule has 8 heteroatoms. The molecule has 148 valence electrons. The van der Waals surface area contributed by atoms with Gasteiger partial charge in [0.1, 0.15) is 0 Å². The minimum atomic E-state index is 0.555. The van der Waals surface area contributed by atoms with Gasteiger partial charge in [-0.25, -0.2) is 4.98 Å². The number of aliphatic imine (C=N–C) groups is 1. The van der Waals surface area contributed by atoms with Gasteiger partial charge in [-0.1, -0.05) is 6.42 Å².